The molecule has 0 aliphatic heterocycles. The van der Waals surface area contributed by atoms with Crippen molar-refractivity contribution < 1.29 is 0 Å². The number of hydrogen-bond donors (Lipinski definition) is 0. The molecule has 186 valence electrons. The van der Waals surface area contributed by atoms with Gasteiger partial charge in [-0.05, 0) is 0 Å². The average Bonchev–Trinajstić information content (AvgIpc) is 2.68. The van der Waals surface area contributed by atoms with E-state index in [9.17, 15) is 0 Å². The summed E-state index contributed by atoms with van der Waals surface area (Å²) in [5.41, 5.74) is 0. The molecule has 0 bridgehead atoms. The third kappa shape index (κ3) is 6.63. The van der Waals surface area contributed by atoms with Crippen molar-refractivity contribution in [3.05, 3.63) is 60.7 Å². The Morgan fingerprint density at radius 3 is 0.882 bits per heavy atom. The Balaban J connectivity index is 2.65. The molecule has 0 spiro atoms. The zero-order valence-electron chi connectivity index (χ0n) is 24.2. The Labute approximate surface area is 229 Å². The van der Waals surface area contributed by atoms with E-state index in [-0.39, 0.29) is 30.9 Å². The maximum atomic E-state index is 2.72. The Hall–Kier alpha value is 0.393. The fraction of sp³-hybridized carbons (Fsp3) is 0.571. The van der Waals surface area contributed by atoms with Gasteiger partial charge in [0.15, 0.2) is 0 Å². The van der Waals surface area contributed by atoms with Crippen molar-refractivity contribution in [1.82, 2.24) is 0 Å². The molecule has 0 atom stereocenters. The van der Waals surface area contributed by atoms with Crippen molar-refractivity contribution in [2.45, 2.75) is 98.4 Å². The van der Waals surface area contributed by atoms with Crippen molar-refractivity contribution in [1.29, 1.82) is 0 Å². The van der Waals surface area contributed by atoms with Crippen LogP contribution in [0.3, 0.4) is 0 Å². The van der Waals surface area contributed by atoms with Gasteiger partial charge in [-0.1, -0.05) is 0 Å². The molecule has 0 aromatic heterocycles. The number of rotatable bonds is 11. The Morgan fingerprint density at radius 1 is 0.441 bits per heavy atom. The SMILES string of the molecule is C[Si](C)(C)[C](CC[C]([Ge][c]1ccccc1)([Si](C)(C)C)[Si](C)(C)C)([Ge][c]1ccccc1)[Si](C)(C)C. The van der Waals surface area contributed by atoms with Crippen LogP contribution in [-0.2, 0) is 0 Å². The van der Waals surface area contributed by atoms with Crippen LogP contribution in [0.25, 0.3) is 0 Å². The van der Waals surface area contributed by atoms with Crippen molar-refractivity contribution in [3.63, 3.8) is 0 Å². The van der Waals surface area contributed by atoms with Crippen molar-refractivity contribution >= 4 is 72.0 Å². The van der Waals surface area contributed by atoms with Gasteiger partial charge >= 0.3 is 231 Å². The summed E-state index contributed by atoms with van der Waals surface area (Å²) < 4.78 is 4.65. The monoisotopic (exact) mass is 646 g/mol. The van der Waals surface area contributed by atoms with Gasteiger partial charge < -0.3 is 0 Å². The van der Waals surface area contributed by atoms with Crippen molar-refractivity contribution in [3.8, 4) is 0 Å². The summed E-state index contributed by atoms with van der Waals surface area (Å²) in [6.45, 7) is 32.6. The van der Waals surface area contributed by atoms with Crippen LogP contribution in [0.2, 0.25) is 85.6 Å². The molecule has 0 fully saturated rings. The third-order valence-electron chi connectivity index (χ3n) is 8.26. The summed E-state index contributed by atoms with van der Waals surface area (Å²) in [4.78, 5) is 0. The number of benzene rings is 2. The molecule has 0 nitrogen and oxygen atoms in total. The molecule has 2 rings (SSSR count). The summed E-state index contributed by atoms with van der Waals surface area (Å²) in [6.07, 6.45) is 3.00. The summed E-state index contributed by atoms with van der Waals surface area (Å²) >= 11 is -0.411. The molecule has 0 unspecified atom stereocenters. The quantitative estimate of drug-likeness (QED) is 0.221. The first kappa shape index (κ1) is 30.6. The van der Waals surface area contributed by atoms with Crippen LogP contribution in [0, 0.1) is 0 Å². The van der Waals surface area contributed by atoms with Crippen LogP contribution >= 0.6 is 0 Å². The second kappa shape index (κ2) is 11.0. The van der Waals surface area contributed by atoms with Gasteiger partial charge in [-0.3, -0.25) is 0 Å². The molecule has 0 amide bonds. The fourth-order valence-corrected chi connectivity index (χ4v) is 46.6. The van der Waals surface area contributed by atoms with E-state index in [2.05, 4.69) is 139 Å². The van der Waals surface area contributed by atoms with Gasteiger partial charge in [-0.15, -0.1) is 0 Å². The minimum absolute atomic E-state index is 0.205. The molecule has 2 aromatic carbocycles. The predicted octanol–water partition coefficient (Wildman–Crippen LogP) is 7.65. The second-order valence-corrected chi connectivity index (χ2v) is 48.0. The van der Waals surface area contributed by atoms with Gasteiger partial charge in [0.25, 0.3) is 0 Å². The molecule has 6 heteroatoms. The van der Waals surface area contributed by atoms with Crippen LogP contribution in [0.4, 0.5) is 0 Å². The van der Waals surface area contributed by atoms with E-state index in [0.717, 1.165) is 0 Å². The van der Waals surface area contributed by atoms with E-state index in [1.807, 2.05) is 0 Å². The van der Waals surface area contributed by atoms with Crippen molar-refractivity contribution in [2.75, 3.05) is 0 Å². The fourth-order valence-electron chi connectivity index (χ4n) is 6.54. The molecule has 2 aromatic rings. The van der Waals surface area contributed by atoms with Crippen LogP contribution in [0.15, 0.2) is 60.7 Å². The molecule has 34 heavy (non-hydrogen) atoms. The van der Waals surface area contributed by atoms with E-state index in [1.54, 1.807) is 8.79 Å². The molecule has 0 aliphatic rings. The zero-order valence-corrected chi connectivity index (χ0v) is 32.4. The molecule has 0 heterocycles. The summed E-state index contributed by atoms with van der Waals surface area (Å²) in [5, 5.41) is 0. The van der Waals surface area contributed by atoms with E-state index < -0.39 is 32.3 Å². The van der Waals surface area contributed by atoms with E-state index >= 15 is 0 Å². The number of hydrogen-bond acceptors (Lipinski definition) is 0. The second-order valence-electron chi connectivity index (χ2n) is 14.3. The third-order valence-corrected chi connectivity index (χ3v) is 55.4. The van der Waals surface area contributed by atoms with Gasteiger partial charge in [-0.2, -0.15) is 0 Å². The van der Waals surface area contributed by atoms with Crippen LogP contribution < -0.4 is 8.79 Å². The summed E-state index contributed by atoms with van der Waals surface area (Å²) in [5.74, 6) is 0. The average molecular weight is 644 g/mol. The zero-order chi connectivity index (χ0) is 26.1. The predicted molar refractivity (Wildman–Crippen MR) is 172 cm³/mol. The first-order valence-corrected chi connectivity index (χ1v) is 31.2. The molecule has 0 aliphatic carbocycles. The molecule has 0 saturated carbocycles. The van der Waals surface area contributed by atoms with E-state index in [0.29, 0.717) is 6.99 Å². The summed E-state index contributed by atoms with van der Waals surface area (Å²) in [6, 6.07) is 23.4. The first-order chi connectivity index (χ1) is 15.4. The summed E-state index contributed by atoms with van der Waals surface area (Å²) in [7, 11) is -5.61. The first-order valence-electron chi connectivity index (χ1n) is 13.0. The Kier molecular flexibility index (Phi) is 9.92. The molecular formula is C28H50Ge2Si4. The van der Waals surface area contributed by atoms with Gasteiger partial charge in [0, 0.05) is 0 Å². The van der Waals surface area contributed by atoms with Crippen LogP contribution in [0.5, 0.6) is 0 Å². The van der Waals surface area contributed by atoms with Gasteiger partial charge in [0.2, 0.25) is 0 Å². The minimum atomic E-state index is -1.40. The van der Waals surface area contributed by atoms with Crippen LogP contribution in [-0.4, -0.2) is 63.2 Å². The van der Waals surface area contributed by atoms with Gasteiger partial charge in [0.1, 0.15) is 0 Å². The van der Waals surface area contributed by atoms with Gasteiger partial charge in [-0.25, -0.2) is 0 Å². The molecule has 4 radical (unpaired) electrons. The van der Waals surface area contributed by atoms with Crippen molar-refractivity contribution in [2.24, 2.45) is 0 Å². The molecule has 0 saturated heterocycles. The normalized spacial score (nSPS) is 14.4. The molecule has 0 N–H and O–H groups in total. The van der Waals surface area contributed by atoms with E-state index in [1.165, 1.54) is 12.8 Å². The van der Waals surface area contributed by atoms with Gasteiger partial charge in [0.05, 0.1) is 0 Å². The topological polar surface area (TPSA) is 0 Å². The Morgan fingerprint density at radius 2 is 0.676 bits per heavy atom. The Bertz CT molecular complexity index is 796. The molecular weight excluding hydrogens is 594 g/mol. The van der Waals surface area contributed by atoms with Crippen LogP contribution in [0.1, 0.15) is 12.8 Å². The maximum absolute atomic E-state index is 2.72. The standard InChI is InChI=1S/C28H50Ge2Si4/c1-31(2,3)27(32(4,5)6,29-25-19-15-13-16-20-25)23-24-28(33(7,8)9,34(10,11)12)30-26-21-17-14-18-22-26/h13-22H,23-24H2,1-12H3. The van der Waals surface area contributed by atoms with E-state index in [4.69, 9.17) is 0 Å².